The number of nitrogens with zero attached hydrogens (tertiary/aromatic N) is 1. The van der Waals surface area contributed by atoms with Crippen molar-refractivity contribution in [2.45, 2.75) is 12.5 Å². The van der Waals surface area contributed by atoms with Gasteiger partial charge in [-0.2, -0.15) is 0 Å². The molecule has 178 valence electrons. The number of hydrogen-bond acceptors (Lipinski definition) is 5. The van der Waals surface area contributed by atoms with E-state index in [-0.39, 0.29) is 18.7 Å². The first-order chi connectivity index (χ1) is 16.5. The summed E-state index contributed by atoms with van der Waals surface area (Å²) < 4.78 is 22.3. The monoisotopic (exact) mass is 482 g/mol. The molecule has 4 rings (SSSR count). The minimum Gasteiger partial charge on any atom is -0.497 e. The van der Waals surface area contributed by atoms with Gasteiger partial charge in [0.25, 0.3) is 0 Å². The van der Waals surface area contributed by atoms with Gasteiger partial charge in [-0.25, -0.2) is 4.79 Å². The number of carbonyl (C=O) groups is 1. The van der Waals surface area contributed by atoms with Crippen molar-refractivity contribution in [3.05, 3.63) is 76.8 Å². The predicted molar refractivity (Wildman–Crippen MR) is 132 cm³/mol. The molecule has 0 saturated heterocycles. The lowest BCUT2D eigenvalue weighted by molar-refractivity contribution is 0.144. The summed E-state index contributed by atoms with van der Waals surface area (Å²) in [6.07, 6.45) is 0.683. The highest BCUT2D eigenvalue weighted by atomic mass is 35.5. The minimum absolute atomic E-state index is 0.217. The van der Waals surface area contributed by atoms with E-state index in [1.807, 2.05) is 36.4 Å². The molecule has 0 bridgehead atoms. The third kappa shape index (κ3) is 5.15. The highest BCUT2D eigenvalue weighted by Gasteiger charge is 2.33. The number of carbonyl (C=O) groups excluding carboxylic acids is 1. The number of rotatable bonds is 7. The second-order valence-electron chi connectivity index (χ2n) is 7.79. The van der Waals surface area contributed by atoms with Gasteiger partial charge in [0, 0.05) is 17.3 Å². The van der Waals surface area contributed by atoms with Gasteiger partial charge in [0.05, 0.1) is 27.4 Å². The lowest BCUT2D eigenvalue weighted by Gasteiger charge is -2.37. The number of hydrogen-bond donors (Lipinski definition) is 1. The van der Waals surface area contributed by atoms with Gasteiger partial charge in [-0.05, 0) is 78.2 Å². The maximum atomic E-state index is 13.3. The molecule has 1 heterocycles. The van der Waals surface area contributed by atoms with E-state index in [1.54, 1.807) is 50.5 Å². The molecular weight excluding hydrogens is 456 g/mol. The summed E-state index contributed by atoms with van der Waals surface area (Å²) in [6, 6.07) is 17.7. The Morgan fingerprint density at radius 3 is 2.24 bits per heavy atom. The van der Waals surface area contributed by atoms with Crippen LogP contribution in [-0.4, -0.2) is 45.4 Å². The van der Waals surface area contributed by atoms with Crippen LogP contribution in [0.1, 0.15) is 17.2 Å². The second-order valence-corrected chi connectivity index (χ2v) is 8.23. The first-order valence-electron chi connectivity index (χ1n) is 10.9. The molecule has 1 aliphatic heterocycles. The van der Waals surface area contributed by atoms with Crippen molar-refractivity contribution in [2.24, 2.45) is 0 Å². The van der Waals surface area contributed by atoms with Crippen LogP contribution in [0.4, 0.5) is 10.5 Å². The summed E-state index contributed by atoms with van der Waals surface area (Å²) >= 11 is 5.98. The second kappa shape index (κ2) is 10.6. The van der Waals surface area contributed by atoms with E-state index in [0.29, 0.717) is 40.9 Å². The molecule has 2 amide bonds. The standard InChI is InChI=1S/C26H27ClN2O5/c1-31-20-8-10-21(11-9-20)34-16-23-22-15-25(33-3)24(32-2)14-17(22)12-13-29(23)26(30)28-19-6-4-18(27)5-7-19/h4-11,14-15,23H,12-13,16H2,1-3H3,(H,28,30). The van der Waals surface area contributed by atoms with Gasteiger partial charge in [0.15, 0.2) is 11.5 Å². The molecule has 0 saturated carbocycles. The van der Waals surface area contributed by atoms with Crippen molar-refractivity contribution in [1.29, 1.82) is 0 Å². The maximum absolute atomic E-state index is 13.3. The van der Waals surface area contributed by atoms with Crippen LogP contribution >= 0.6 is 11.6 Å². The van der Waals surface area contributed by atoms with E-state index in [9.17, 15) is 4.79 Å². The van der Waals surface area contributed by atoms with Crippen LogP contribution in [0.5, 0.6) is 23.0 Å². The lowest BCUT2D eigenvalue weighted by atomic mass is 9.92. The highest BCUT2D eigenvalue weighted by Crippen LogP contribution is 2.38. The Hall–Kier alpha value is -3.58. The molecule has 7 nitrogen and oxygen atoms in total. The molecule has 3 aromatic carbocycles. The summed E-state index contributed by atoms with van der Waals surface area (Å²) in [6.45, 7) is 0.793. The molecule has 1 atom stereocenters. The zero-order valence-corrected chi connectivity index (χ0v) is 20.1. The summed E-state index contributed by atoms with van der Waals surface area (Å²) in [5, 5.41) is 3.57. The third-order valence-electron chi connectivity index (χ3n) is 5.83. The van der Waals surface area contributed by atoms with Gasteiger partial charge < -0.3 is 29.2 Å². The quantitative estimate of drug-likeness (QED) is 0.476. The van der Waals surface area contributed by atoms with E-state index >= 15 is 0 Å². The van der Waals surface area contributed by atoms with E-state index in [1.165, 1.54) is 0 Å². The zero-order chi connectivity index (χ0) is 24.1. The molecule has 8 heteroatoms. The maximum Gasteiger partial charge on any atom is 0.322 e. The topological polar surface area (TPSA) is 69.3 Å². The summed E-state index contributed by atoms with van der Waals surface area (Å²) in [7, 11) is 4.83. The van der Waals surface area contributed by atoms with Crippen molar-refractivity contribution in [1.82, 2.24) is 4.90 Å². The normalized spacial score (nSPS) is 14.7. The fourth-order valence-electron chi connectivity index (χ4n) is 4.03. The molecule has 1 N–H and O–H groups in total. The molecular formula is C26H27ClN2O5. The van der Waals surface area contributed by atoms with Crippen LogP contribution in [0.15, 0.2) is 60.7 Å². The molecule has 1 aliphatic rings. The van der Waals surface area contributed by atoms with E-state index in [0.717, 1.165) is 16.9 Å². The lowest BCUT2D eigenvalue weighted by Crippen LogP contribution is -2.44. The van der Waals surface area contributed by atoms with E-state index in [4.69, 9.17) is 30.5 Å². The van der Waals surface area contributed by atoms with Gasteiger partial charge >= 0.3 is 6.03 Å². The van der Waals surface area contributed by atoms with Crippen LogP contribution in [0, 0.1) is 0 Å². The molecule has 0 fully saturated rings. The van der Waals surface area contributed by atoms with Crippen molar-refractivity contribution < 1.29 is 23.7 Å². The molecule has 0 aromatic heterocycles. The van der Waals surface area contributed by atoms with Crippen molar-refractivity contribution in [3.63, 3.8) is 0 Å². The third-order valence-corrected chi connectivity index (χ3v) is 6.08. The number of methoxy groups -OCH3 is 3. The van der Waals surface area contributed by atoms with Crippen molar-refractivity contribution in [3.8, 4) is 23.0 Å². The van der Waals surface area contributed by atoms with Crippen LogP contribution in [0.3, 0.4) is 0 Å². The average molecular weight is 483 g/mol. The SMILES string of the molecule is COc1ccc(OCC2c3cc(OC)c(OC)cc3CCN2C(=O)Nc2ccc(Cl)cc2)cc1. The Labute approximate surface area is 204 Å². The van der Waals surface area contributed by atoms with Crippen molar-refractivity contribution >= 4 is 23.3 Å². The van der Waals surface area contributed by atoms with E-state index < -0.39 is 0 Å². The van der Waals surface area contributed by atoms with Gasteiger partial charge in [0.1, 0.15) is 18.1 Å². The number of benzene rings is 3. The van der Waals surface area contributed by atoms with Crippen LogP contribution in [-0.2, 0) is 6.42 Å². The summed E-state index contributed by atoms with van der Waals surface area (Å²) in [5.74, 6) is 2.70. The molecule has 1 unspecified atom stereocenters. The Morgan fingerprint density at radius 2 is 1.59 bits per heavy atom. The molecule has 34 heavy (non-hydrogen) atoms. The number of halogens is 1. The molecule has 0 radical (unpaired) electrons. The number of anilines is 1. The highest BCUT2D eigenvalue weighted by molar-refractivity contribution is 6.30. The van der Waals surface area contributed by atoms with Crippen LogP contribution < -0.4 is 24.3 Å². The molecule has 0 aliphatic carbocycles. The Kier molecular flexibility index (Phi) is 7.33. The number of nitrogens with one attached hydrogen (secondary N) is 1. The van der Waals surface area contributed by atoms with Gasteiger partial charge in [-0.1, -0.05) is 11.6 Å². The zero-order valence-electron chi connectivity index (χ0n) is 19.3. The Morgan fingerprint density at radius 1 is 0.941 bits per heavy atom. The smallest absolute Gasteiger partial charge is 0.322 e. The summed E-state index contributed by atoms with van der Waals surface area (Å²) in [4.78, 5) is 15.1. The van der Waals surface area contributed by atoms with Gasteiger partial charge in [0.2, 0.25) is 0 Å². The first kappa shape index (κ1) is 23.6. The Bertz CT molecular complexity index is 1140. The van der Waals surface area contributed by atoms with Crippen LogP contribution in [0.25, 0.3) is 0 Å². The molecule has 0 spiro atoms. The molecule has 3 aromatic rings. The largest absolute Gasteiger partial charge is 0.497 e. The Balaban J connectivity index is 1.62. The predicted octanol–water partition coefficient (Wildman–Crippen LogP) is 5.58. The number of ether oxygens (including phenoxy) is 4. The fourth-order valence-corrected chi connectivity index (χ4v) is 4.15. The van der Waals surface area contributed by atoms with Gasteiger partial charge in [-0.15, -0.1) is 0 Å². The number of urea groups is 1. The number of fused-ring (bicyclic) bond motifs is 1. The number of amides is 2. The van der Waals surface area contributed by atoms with Crippen LogP contribution in [0.2, 0.25) is 5.02 Å². The fraction of sp³-hybridized carbons (Fsp3) is 0.269. The van der Waals surface area contributed by atoms with Crippen molar-refractivity contribution in [2.75, 3.05) is 39.8 Å². The average Bonchev–Trinajstić information content (AvgIpc) is 2.87. The summed E-state index contributed by atoms with van der Waals surface area (Å²) in [5.41, 5.74) is 2.72. The first-order valence-corrected chi connectivity index (χ1v) is 11.2. The van der Waals surface area contributed by atoms with E-state index in [2.05, 4.69) is 5.32 Å². The van der Waals surface area contributed by atoms with Gasteiger partial charge in [-0.3, -0.25) is 0 Å². The minimum atomic E-state index is -0.335.